The third-order valence-electron chi connectivity index (χ3n) is 3.88. The van der Waals surface area contributed by atoms with E-state index >= 15 is 0 Å². The molecule has 16 heavy (non-hydrogen) atoms. The molecule has 1 amide bonds. The minimum absolute atomic E-state index is 0.138. The van der Waals surface area contributed by atoms with Gasteiger partial charge < -0.3 is 10.0 Å². The van der Waals surface area contributed by atoms with Gasteiger partial charge in [-0.05, 0) is 32.1 Å². The first-order chi connectivity index (χ1) is 7.64. The van der Waals surface area contributed by atoms with Gasteiger partial charge in [0.15, 0.2) is 0 Å². The molecule has 1 aliphatic carbocycles. The summed E-state index contributed by atoms with van der Waals surface area (Å²) in [6, 6.07) is 0. The van der Waals surface area contributed by atoms with Crippen molar-refractivity contribution < 1.29 is 9.90 Å². The average molecular weight is 223 g/mol. The summed E-state index contributed by atoms with van der Waals surface area (Å²) in [7, 11) is 0. The van der Waals surface area contributed by atoms with E-state index in [-0.39, 0.29) is 11.8 Å². The number of hydrogen-bond donors (Lipinski definition) is 1. The van der Waals surface area contributed by atoms with Crippen LogP contribution in [0.3, 0.4) is 0 Å². The molecule has 1 atom stereocenters. The lowest BCUT2D eigenvalue weighted by atomic mass is 9.89. The van der Waals surface area contributed by atoms with Crippen molar-refractivity contribution in [1.29, 1.82) is 0 Å². The zero-order chi connectivity index (χ0) is 11.6. The molecule has 1 heterocycles. The minimum atomic E-state index is -0.639. The van der Waals surface area contributed by atoms with Crippen molar-refractivity contribution in [2.75, 3.05) is 13.1 Å². The summed E-state index contributed by atoms with van der Waals surface area (Å²) < 4.78 is 0. The van der Waals surface area contributed by atoms with Crippen molar-refractivity contribution >= 4 is 5.91 Å². The zero-order valence-corrected chi connectivity index (χ0v) is 9.98. The SMILES string of the molecule is CC[C@@]1(O)CCCN(C(=O)C2CC=CC2)C1. The number of likely N-dealkylation sites (tertiary alicyclic amines) is 1. The van der Waals surface area contributed by atoms with E-state index in [1.807, 2.05) is 11.8 Å². The van der Waals surface area contributed by atoms with Gasteiger partial charge in [0.05, 0.1) is 5.60 Å². The van der Waals surface area contributed by atoms with Gasteiger partial charge in [-0.25, -0.2) is 0 Å². The fourth-order valence-corrected chi connectivity index (χ4v) is 2.67. The van der Waals surface area contributed by atoms with Crippen LogP contribution in [0.1, 0.15) is 39.0 Å². The van der Waals surface area contributed by atoms with Crippen LogP contribution in [0.5, 0.6) is 0 Å². The van der Waals surface area contributed by atoms with E-state index in [2.05, 4.69) is 12.2 Å². The number of aliphatic hydroxyl groups is 1. The summed E-state index contributed by atoms with van der Waals surface area (Å²) in [6.07, 6.45) is 8.41. The van der Waals surface area contributed by atoms with Gasteiger partial charge in [-0.1, -0.05) is 19.1 Å². The molecule has 0 aromatic heterocycles. The summed E-state index contributed by atoms with van der Waals surface area (Å²) >= 11 is 0. The lowest BCUT2D eigenvalue weighted by Gasteiger charge is -2.39. The summed E-state index contributed by atoms with van der Waals surface area (Å²) in [4.78, 5) is 14.0. The molecule has 1 N–H and O–H groups in total. The first kappa shape index (κ1) is 11.6. The molecule has 0 saturated carbocycles. The third-order valence-corrected chi connectivity index (χ3v) is 3.88. The molecular formula is C13H21NO2. The molecule has 2 aliphatic rings. The summed E-state index contributed by atoms with van der Waals surface area (Å²) in [6.45, 7) is 3.33. The van der Waals surface area contributed by atoms with Crippen molar-refractivity contribution in [3.63, 3.8) is 0 Å². The second kappa shape index (κ2) is 4.58. The maximum Gasteiger partial charge on any atom is 0.226 e. The molecule has 3 heteroatoms. The highest BCUT2D eigenvalue weighted by atomic mass is 16.3. The van der Waals surface area contributed by atoms with Crippen molar-refractivity contribution in [3.05, 3.63) is 12.2 Å². The van der Waals surface area contributed by atoms with Gasteiger partial charge in [-0.3, -0.25) is 4.79 Å². The lowest BCUT2D eigenvalue weighted by molar-refractivity contribution is -0.142. The Hall–Kier alpha value is -0.830. The number of allylic oxidation sites excluding steroid dienone is 2. The topological polar surface area (TPSA) is 40.5 Å². The number of piperidine rings is 1. The number of β-amino-alcohol motifs (C(OH)–C–C–N with tert-alkyl or cyclic N) is 1. The van der Waals surface area contributed by atoms with Crippen LogP contribution in [0, 0.1) is 5.92 Å². The quantitative estimate of drug-likeness (QED) is 0.724. The first-order valence-corrected chi connectivity index (χ1v) is 6.31. The highest BCUT2D eigenvalue weighted by molar-refractivity contribution is 5.79. The Morgan fingerprint density at radius 1 is 1.50 bits per heavy atom. The van der Waals surface area contributed by atoms with Crippen LogP contribution in [-0.4, -0.2) is 34.6 Å². The van der Waals surface area contributed by atoms with Crippen LogP contribution >= 0.6 is 0 Å². The van der Waals surface area contributed by atoms with E-state index < -0.39 is 5.60 Å². The zero-order valence-electron chi connectivity index (χ0n) is 9.98. The van der Waals surface area contributed by atoms with E-state index in [1.54, 1.807) is 0 Å². The smallest absolute Gasteiger partial charge is 0.226 e. The van der Waals surface area contributed by atoms with E-state index in [4.69, 9.17) is 0 Å². The van der Waals surface area contributed by atoms with Gasteiger partial charge in [0, 0.05) is 19.0 Å². The van der Waals surface area contributed by atoms with Gasteiger partial charge in [0.1, 0.15) is 0 Å². The van der Waals surface area contributed by atoms with Crippen LogP contribution in [0.2, 0.25) is 0 Å². The van der Waals surface area contributed by atoms with Crippen molar-refractivity contribution in [3.8, 4) is 0 Å². The monoisotopic (exact) mass is 223 g/mol. The number of rotatable bonds is 2. The molecule has 1 saturated heterocycles. The van der Waals surface area contributed by atoms with E-state index in [0.717, 1.165) is 38.6 Å². The number of carbonyl (C=O) groups excluding carboxylic acids is 1. The van der Waals surface area contributed by atoms with E-state index in [1.165, 1.54) is 0 Å². The molecule has 90 valence electrons. The largest absolute Gasteiger partial charge is 0.388 e. The molecule has 0 radical (unpaired) electrons. The summed E-state index contributed by atoms with van der Waals surface area (Å²) in [5, 5.41) is 10.2. The maximum absolute atomic E-state index is 12.2. The highest BCUT2D eigenvalue weighted by Gasteiger charge is 2.35. The summed E-state index contributed by atoms with van der Waals surface area (Å²) in [5.74, 6) is 0.371. The van der Waals surface area contributed by atoms with Crippen LogP contribution < -0.4 is 0 Å². The Bertz CT molecular complexity index is 292. The van der Waals surface area contributed by atoms with Gasteiger partial charge in [0.25, 0.3) is 0 Å². The number of hydrogen-bond acceptors (Lipinski definition) is 2. The lowest BCUT2D eigenvalue weighted by Crippen LogP contribution is -2.51. The highest BCUT2D eigenvalue weighted by Crippen LogP contribution is 2.27. The molecule has 3 nitrogen and oxygen atoms in total. The number of carbonyl (C=O) groups is 1. The number of nitrogens with zero attached hydrogens (tertiary/aromatic N) is 1. The molecule has 0 bridgehead atoms. The number of amides is 1. The van der Waals surface area contributed by atoms with E-state index in [9.17, 15) is 9.90 Å². The molecular weight excluding hydrogens is 202 g/mol. The second-order valence-corrected chi connectivity index (χ2v) is 5.08. The second-order valence-electron chi connectivity index (χ2n) is 5.08. The third kappa shape index (κ3) is 2.29. The van der Waals surface area contributed by atoms with Crippen LogP contribution in [0.25, 0.3) is 0 Å². The van der Waals surface area contributed by atoms with Crippen LogP contribution in [-0.2, 0) is 4.79 Å². The Morgan fingerprint density at radius 2 is 2.19 bits per heavy atom. The molecule has 0 aromatic carbocycles. The molecule has 0 aromatic rings. The minimum Gasteiger partial charge on any atom is -0.388 e. The fraction of sp³-hybridized carbons (Fsp3) is 0.769. The van der Waals surface area contributed by atoms with Gasteiger partial charge in [-0.15, -0.1) is 0 Å². The normalized spacial score (nSPS) is 31.0. The van der Waals surface area contributed by atoms with Crippen molar-refractivity contribution in [2.24, 2.45) is 5.92 Å². The molecule has 0 spiro atoms. The Labute approximate surface area is 97.1 Å². The predicted octanol–water partition coefficient (Wildman–Crippen LogP) is 1.72. The summed E-state index contributed by atoms with van der Waals surface area (Å²) in [5.41, 5.74) is -0.639. The van der Waals surface area contributed by atoms with E-state index in [0.29, 0.717) is 6.54 Å². The van der Waals surface area contributed by atoms with Gasteiger partial charge >= 0.3 is 0 Å². The van der Waals surface area contributed by atoms with Crippen LogP contribution in [0.15, 0.2) is 12.2 Å². The maximum atomic E-state index is 12.2. The first-order valence-electron chi connectivity index (χ1n) is 6.31. The van der Waals surface area contributed by atoms with Gasteiger partial charge in [0.2, 0.25) is 5.91 Å². The Balaban J connectivity index is 1.96. The Morgan fingerprint density at radius 3 is 2.81 bits per heavy atom. The van der Waals surface area contributed by atoms with Crippen molar-refractivity contribution in [2.45, 2.75) is 44.6 Å². The van der Waals surface area contributed by atoms with Gasteiger partial charge in [-0.2, -0.15) is 0 Å². The molecule has 1 fully saturated rings. The average Bonchev–Trinajstić information content (AvgIpc) is 2.82. The molecule has 1 aliphatic heterocycles. The predicted molar refractivity (Wildman–Crippen MR) is 62.9 cm³/mol. The van der Waals surface area contributed by atoms with Crippen LogP contribution in [0.4, 0.5) is 0 Å². The molecule has 2 rings (SSSR count). The van der Waals surface area contributed by atoms with Crippen molar-refractivity contribution in [1.82, 2.24) is 4.90 Å². The fourth-order valence-electron chi connectivity index (χ4n) is 2.67. The Kier molecular flexibility index (Phi) is 3.33. The molecule has 0 unspecified atom stereocenters. The standard InChI is InChI=1S/C13H21NO2/c1-2-13(16)8-5-9-14(10-13)12(15)11-6-3-4-7-11/h3-4,11,16H,2,5-10H2,1H3/t13-/m1/s1.